The van der Waals surface area contributed by atoms with Gasteiger partial charge in [0.1, 0.15) is 0 Å². The van der Waals surface area contributed by atoms with E-state index in [0.717, 1.165) is 25.2 Å². The number of hydrogen-bond acceptors (Lipinski definition) is 2. The molecule has 0 heterocycles. The molecule has 0 saturated heterocycles. The third kappa shape index (κ3) is 4.40. The lowest BCUT2D eigenvalue weighted by atomic mass is 9.95. The van der Waals surface area contributed by atoms with Gasteiger partial charge in [0, 0.05) is 19.0 Å². The first kappa shape index (κ1) is 14.2. The molecule has 3 atom stereocenters. The molecule has 2 saturated carbocycles. The maximum atomic E-state index is 11.7. The fourth-order valence-electron chi connectivity index (χ4n) is 3.42. The molecular weight excluding hydrogens is 244 g/mol. The van der Waals surface area contributed by atoms with Crippen LogP contribution in [0, 0.1) is 11.8 Å². The van der Waals surface area contributed by atoms with Crippen LogP contribution in [0.5, 0.6) is 0 Å². The summed E-state index contributed by atoms with van der Waals surface area (Å²) < 4.78 is 0. The molecule has 2 aliphatic carbocycles. The van der Waals surface area contributed by atoms with Gasteiger partial charge in [0.25, 0.3) is 0 Å². The van der Waals surface area contributed by atoms with Crippen molar-refractivity contribution < 1.29 is 14.7 Å². The van der Waals surface area contributed by atoms with E-state index in [9.17, 15) is 9.59 Å². The summed E-state index contributed by atoms with van der Waals surface area (Å²) in [5.41, 5.74) is 0. The predicted molar refractivity (Wildman–Crippen MR) is 71.9 cm³/mol. The van der Waals surface area contributed by atoms with E-state index < -0.39 is 5.97 Å². The molecule has 0 aliphatic heterocycles. The Bertz CT molecular complexity index is 333. The Morgan fingerprint density at radius 2 is 1.95 bits per heavy atom. The Kier molecular flexibility index (Phi) is 5.05. The number of carboxylic acid groups (broad SMARTS) is 1. The Hall–Kier alpha value is -1.26. The largest absolute Gasteiger partial charge is 0.481 e. The Balaban J connectivity index is 1.49. The molecule has 19 heavy (non-hydrogen) atoms. The number of carboxylic acids is 1. The standard InChI is InChI=1S/C14H24N2O3/c17-13(18)4-2-1-3-7-15-14(19)16-12-9-10-5-6-11(12)8-10/h10-12H,1-9H2,(H,17,18)(H2,15,16,19). The molecule has 2 bridgehead atoms. The van der Waals surface area contributed by atoms with Gasteiger partial charge in [-0.3, -0.25) is 4.79 Å². The fraction of sp³-hybridized carbons (Fsp3) is 0.857. The van der Waals surface area contributed by atoms with Crippen LogP contribution in [-0.2, 0) is 4.79 Å². The average molecular weight is 268 g/mol. The summed E-state index contributed by atoms with van der Waals surface area (Å²) in [5.74, 6) is 0.791. The second kappa shape index (κ2) is 6.78. The zero-order valence-corrected chi connectivity index (χ0v) is 11.4. The molecule has 2 rings (SSSR count). The zero-order chi connectivity index (χ0) is 13.7. The lowest BCUT2D eigenvalue weighted by Crippen LogP contribution is -2.44. The second-order valence-electron chi connectivity index (χ2n) is 5.89. The minimum atomic E-state index is -0.748. The first-order chi connectivity index (χ1) is 9.15. The lowest BCUT2D eigenvalue weighted by Gasteiger charge is -2.23. The predicted octanol–water partition coefficient (Wildman–Crippen LogP) is 2.12. The third-order valence-electron chi connectivity index (χ3n) is 4.41. The van der Waals surface area contributed by atoms with Crippen LogP contribution in [0.25, 0.3) is 0 Å². The fourth-order valence-corrected chi connectivity index (χ4v) is 3.42. The van der Waals surface area contributed by atoms with Gasteiger partial charge < -0.3 is 15.7 Å². The maximum absolute atomic E-state index is 11.7. The number of carbonyl (C=O) groups excluding carboxylic acids is 1. The van der Waals surface area contributed by atoms with Gasteiger partial charge in [-0.1, -0.05) is 12.8 Å². The van der Waals surface area contributed by atoms with E-state index in [-0.39, 0.29) is 12.5 Å². The van der Waals surface area contributed by atoms with Gasteiger partial charge >= 0.3 is 12.0 Å². The van der Waals surface area contributed by atoms with Crippen molar-refractivity contribution in [1.82, 2.24) is 10.6 Å². The number of carbonyl (C=O) groups is 2. The highest BCUT2D eigenvalue weighted by atomic mass is 16.4. The molecule has 2 fully saturated rings. The van der Waals surface area contributed by atoms with E-state index in [4.69, 9.17) is 5.11 Å². The van der Waals surface area contributed by atoms with Gasteiger partial charge in [-0.15, -0.1) is 0 Å². The molecule has 0 aromatic heterocycles. The SMILES string of the molecule is O=C(O)CCCCCNC(=O)NC1CC2CCC1C2. The van der Waals surface area contributed by atoms with E-state index in [2.05, 4.69) is 10.6 Å². The number of rotatable bonds is 7. The summed E-state index contributed by atoms with van der Waals surface area (Å²) in [6.07, 6.45) is 7.65. The minimum Gasteiger partial charge on any atom is -0.481 e. The van der Waals surface area contributed by atoms with Crippen molar-refractivity contribution in [2.75, 3.05) is 6.54 Å². The Morgan fingerprint density at radius 3 is 2.58 bits per heavy atom. The van der Waals surface area contributed by atoms with Crippen LogP contribution in [0.2, 0.25) is 0 Å². The van der Waals surface area contributed by atoms with Crippen molar-refractivity contribution in [3.05, 3.63) is 0 Å². The van der Waals surface area contributed by atoms with Gasteiger partial charge in [0.2, 0.25) is 0 Å². The maximum Gasteiger partial charge on any atom is 0.315 e. The monoisotopic (exact) mass is 268 g/mol. The minimum absolute atomic E-state index is 0.0595. The summed E-state index contributed by atoms with van der Waals surface area (Å²) in [6.45, 7) is 0.631. The van der Waals surface area contributed by atoms with E-state index in [1.54, 1.807) is 0 Å². The number of hydrogen-bond donors (Lipinski definition) is 3. The molecule has 3 unspecified atom stereocenters. The van der Waals surface area contributed by atoms with Gasteiger partial charge in [0.05, 0.1) is 0 Å². The molecule has 0 radical (unpaired) electrons. The van der Waals surface area contributed by atoms with Crippen molar-refractivity contribution in [2.45, 2.75) is 57.4 Å². The first-order valence-corrected chi connectivity index (χ1v) is 7.41. The topological polar surface area (TPSA) is 78.4 Å². The van der Waals surface area contributed by atoms with Gasteiger partial charge in [0.15, 0.2) is 0 Å². The van der Waals surface area contributed by atoms with Crippen molar-refractivity contribution in [2.24, 2.45) is 11.8 Å². The molecule has 0 aromatic carbocycles. The van der Waals surface area contributed by atoms with Crippen LogP contribution in [0.1, 0.15) is 51.4 Å². The highest BCUT2D eigenvalue weighted by Crippen LogP contribution is 2.44. The summed E-state index contributed by atoms with van der Waals surface area (Å²) >= 11 is 0. The molecule has 5 nitrogen and oxygen atoms in total. The Labute approximate surface area is 114 Å². The second-order valence-corrected chi connectivity index (χ2v) is 5.89. The summed E-state index contributed by atoms with van der Waals surface area (Å²) in [5, 5.41) is 14.4. The molecule has 5 heteroatoms. The van der Waals surface area contributed by atoms with Gasteiger partial charge in [-0.25, -0.2) is 4.79 Å². The third-order valence-corrected chi connectivity index (χ3v) is 4.41. The van der Waals surface area contributed by atoms with Gasteiger partial charge in [-0.05, 0) is 43.9 Å². The van der Waals surface area contributed by atoms with Crippen LogP contribution >= 0.6 is 0 Å². The van der Waals surface area contributed by atoms with E-state index in [1.807, 2.05) is 0 Å². The van der Waals surface area contributed by atoms with Crippen molar-refractivity contribution in [3.8, 4) is 0 Å². The lowest BCUT2D eigenvalue weighted by molar-refractivity contribution is -0.137. The number of unbranched alkanes of at least 4 members (excludes halogenated alkanes) is 2. The molecule has 2 amide bonds. The normalized spacial score (nSPS) is 28.3. The molecule has 0 aromatic rings. The molecule has 108 valence electrons. The highest BCUT2D eigenvalue weighted by Gasteiger charge is 2.39. The zero-order valence-electron chi connectivity index (χ0n) is 11.4. The van der Waals surface area contributed by atoms with E-state index in [0.29, 0.717) is 24.9 Å². The number of aliphatic carboxylic acids is 1. The molecule has 0 spiro atoms. The van der Waals surface area contributed by atoms with Crippen molar-refractivity contribution in [3.63, 3.8) is 0 Å². The number of fused-ring (bicyclic) bond motifs is 2. The molecule has 2 aliphatic rings. The van der Waals surface area contributed by atoms with Crippen LogP contribution in [0.15, 0.2) is 0 Å². The van der Waals surface area contributed by atoms with Gasteiger partial charge in [-0.2, -0.15) is 0 Å². The van der Waals surface area contributed by atoms with Crippen LogP contribution < -0.4 is 10.6 Å². The van der Waals surface area contributed by atoms with Crippen molar-refractivity contribution in [1.29, 1.82) is 0 Å². The quantitative estimate of drug-likeness (QED) is 0.619. The summed E-state index contributed by atoms with van der Waals surface area (Å²) in [6, 6.07) is 0.321. The summed E-state index contributed by atoms with van der Waals surface area (Å²) in [4.78, 5) is 22.0. The number of nitrogens with one attached hydrogen (secondary N) is 2. The average Bonchev–Trinajstić information content (AvgIpc) is 2.95. The number of urea groups is 1. The summed E-state index contributed by atoms with van der Waals surface area (Å²) in [7, 11) is 0. The van der Waals surface area contributed by atoms with E-state index >= 15 is 0 Å². The molecular formula is C14H24N2O3. The van der Waals surface area contributed by atoms with Crippen molar-refractivity contribution >= 4 is 12.0 Å². The van der Waals surface area contributed by atoms with Crippen LogP contribution in [0.3, 0.4) is 0 Å². The number of amides is 2. The van der Waals surface area contributed by atoms with Crippen LogP contribution in [0.4, 0.5) is 4.79 Å². The Morgan fingerprint density at radius 1 is 1.11 bits per heavy atom. The van der Waals surface area contributed by atoms with Crippen LogP contribution in [-0.4, -0.2) is 29.7 Å². The first-order valence-electron chi connectivity index (χ1n) is 7.41. The molecule has 3 N–H and O–H groups in total. The van der Waals surface area contributed by atoms with E-state index in [1.165, 1.54) is 19.3 Å². The highest BCUT2D eigenvalue weighted by molar-refractivity contribution is 5.74. The smallest absolute Gasteiger partial charge is 0.315 e.